The number of sulfonamides is 1. The first-order valence-electron chi connectivity index (χ1n) is 12.0. The number of hydrogen-bond acceptors (Lipinski definition) is 11. The lowest BCUT2D eigenvalue weighted by molar-refractivity contribution is 0.223. The highest BCUT2D eigenvalue weighted by Gasteiger charge is 2.28. The molecule has 0 aliphatic heterocycles. The molecule has 3 amide bonds. The molecule has 0 spiro atoms. The van der Waals surface area contributed by atoms with Gasteiger partial charge in [-0.3, -0.25) is 10.1 Å². The summed E-state index contributed by atoms with van der Waals surface area (Å²) in [6.07, 6.45) is 2.72. The predicted molar refractivity (Wildman–Crippen MR) is 154 cm³/mol. The second-order valence-electron chi connectivity index (χ2n) is 8.01. The molecule has 0 fully saturated rings. The highest BCUT2D eigenvalue weighted by atomic mass is 32.3. The first-order valence-corrected chi connectivity index (χ1v) is 16.2. The molecule has 0 radical (unpaired) electrons. The molecule has 14 nitrogen and oxygen atoms in total. The van der Waals surface area contributed by atoms with Crippen LogP contribution in [0.4, 0.5) is 15.5 Å². The number of carbonyl (C=O) groups is 2. The number of methoxy groups -OCH3 is 2. The van der Waals surface area contributed by atoms with Crippen molar-refractivity contribution in [2.45, 2.75) is 32.4 Å². The zero-order valence-corrected chi connectivity index (χ0v) is 25.7. The Bertz CT molecular complexity index is 1280. The molecule has 0 aliphatic rings. The van der Waals surface area contributed by atoms with Crippen molar-refractivity contribution in [1.29, 1.82) is 0 Å². The Morgan fingerprint density at radius 1 is 0.950 bits per heavy atom. The molecule has 0 saturated heterocycles. The van der Waals surface area contributed by atoms with E-state index in [2.05, 4.69) is 35.9 Å². The van der Waals surface area contributed by atoms with Crippen molar-refractivity contribution in [3.05, 3.63) is 42.0 Å². The third-order valence-corrected chi connectivity index (χ3v) is 9.24. The molecule has 17 heteroatoms. The second-order valence-corrected chi connectivity index (χ2v) is 12.9. The number of amides is 3. The summed E-state index contributed by atoms with van der Waals surface area (Å²) in [5.41, 5.74) is 1.21. The average molecular weight is 621 g/mol. The maximum atomic E-state index is 12.0. The summed E-state index contributed by atoms with van der Waals surface area (Å²) in [6, 6.07) is 10.2. The standard InChI is InChI=1S/C14H21NOS.C9H15N5O7S2/c1-3-10-15(11-4-2)14(16)17-12-13-8-6-5-7-9-13;1-14(22(4,16)17)23(18,19)13-9(15)12-8-10-6(20-2)5-7(11-8)21-3/h5-9H,3-4,10-12H2,1-2H3;5H,1-4H3,(H2,10,11,12,13,15). The SMILES string of the molecule is CCCN(CCC)C(=O)SCc1ccccc1.COc1cc(OC)nc(NC(=O)NS(=O)(=O)N(C)S(C)(=O)=O)n1. The van der Waals surface area contributed by atoms with E-state index in [4.69, 9.17) is 9.47 Å². The maximum absolute atomic E-state index is 12.0. The van der Waals surface area contributed by atoms with Crippen LogP contribution < -0.4 is 19.5 Å². The molecule has 224 valence electrons. The number of nitrogens with one attached hydrogen (secondary N) is 2. The van der Waals surface area contributed by atoms with Crippen LogP contribution in [0.2, 0.25) is 0 Å². The van der Waals surface area contributed by atoms with Gasteiger partial charge in [0.15, 0.2) is 0 Å². The van der Waals surface area contributed by atoms with E-state index in [1.54, 1.807) is 0 Å². The van der Waals surface area contributed by atoms with Crippen LogP contribution in [0.5, 0.6) is 11.8 Å². The van der Waals surface area contributed by atoms with Gasteiger partial charge in [-0.15, -0.1) is 0 Å². The van der Waals surface area contributed by atoms with E-state index in [0.29, 0.717) is 6.26 Å². The number of carbonyl (C=O) groups excluding carboxylic acids is 2. The van der Waals surface area contributed by atoms with Gasteiger partial charge in [-0.05, 0) is 18.4 Å². The number of rotatable bonds is 12. The van der Waals surface area contributed by atoms with E-state index in [0.717, 1.165) is 38.7 Å². The molecule has 1 aromatic carbocycles. The lowest BCUT2D eigenvalue weighted by Gasteiger charge is -2.20. The lowest BCUT2D eigenvalue weighted by atomic mass is 10.2. The third-order valence-electron chi connectivity index (χ3n) is 4.80. The summed E-state index contributed by atoms with van der Waals surface area (Å²) >= 11 is 1.40. The highest BCUT2D eigenvalue weighted by Crippen LogP contribution is 2.18. The fourth-order valence-corrected chi connectivity index (χ4v) is 5.60. The Kier molecular flexibility index (Phi) is 14.7. The number of thioether (sulfide) groups is 1. The molecular weight excluding hydrogens is 584 g/mol. The van der Waals surface area contributed by atoms with Crippen LogP contribution in [0.1, 0.15) is 32.3 Å². The van der Waals surface area contributed by atoms with Crippen molar-refractivity contribution in [3.63, 3.8) is 0 Å². The maximum Gasteiger partial charge on any atom is 0.336 e. The van der Waals surface area contributed by atoms with Crippen LogP contribution in [0.3, 0.4) is 0 Å². The summed E-state index contributed by atoms with van der Waals surface area (Å²) in [7, 11) is -5.27. The highest BCUT2D eigenvalue weighted by molar-refractivity contribution is 8.12. The minimum absolute atomic E-state index is 0.00654. The van der Waals surface area contributed by atoms with E-state index < -0.39 is 26.3 Å². The van der Waals surface area contributed by atoms with Crippen molar-refractivity contribution in [2.75, 3.05) is 45.9 Å². The van der Waals surface area contributed by atoms with Gasteiger partial charge < -0.3 is 14.4 Å². The molecule has 2 aromatic rings. The first kappa shape index (κ1) is 34.9. The fourth-order valence-electron chi connectivity index (χ4n) is 2.80. The van der Waals surface area contributed by atoms with Crippen molar-refractivity contribution in [3.8, 4) is 11.8 Å². The molecule has 40 heavy (non-hydrogen) atoms. The Morgan fingerprint density at radius 2 is 1.48 bits per heavy atom. The molecule has 1 heterocycles. The minimum atomic E-state index is -4.60. The topological polar surface area (TPSA) is 177 Å². The van der Waals surface area contributed by atoms with E-state index in [1.807, 2.05) is 28.4 Å². The van der Waals surface area contributed by atoms with Crippen LogP contribution in [0.25, 0.3) is 0 Å². The van der Waals surface area contributed by atoms with Gasteiger partial charge in [-0.25, -0.2) is 17.9 Å². The summed E-state index contributed by atoms with van der Waals surface area (Å²) in [6.45, 7) is 5.96. The van der Waals surface area contributed by atoms with Gasteiger partial charge in [0, 0.05) is 25.9 Å². The number of urea groups is 1. The van der Waals surface area contributed by atoms with Crippen LogP contribution in [0.15, 0.2) is 36.4 Å². The van der Waals surface area contributed by atoms with Gasteiger partial charge in [0.25, 0.3) is 5.24 Å². The van der Waals surface area contributed by atoms with Crippen molar-refractivity contribution in [2.24, 2.45) is 0 Å². The smallest absolute Gasteiger partial charge is 0.336 e. The monoisotopic (exact) mass is 620 g/mol. The summed E-state index contributed by atoms with van der Waals surface area (Å²) in [4.78, 5) is 33.1. The van der Waals surface area contributed by atoms with E-state index >= 15 is 0 Å². The van der Waals surface area contributed by atoms with E-state index in [1.165, 1.54) is 42.3 Å². The Labute approximate surface area is 240 Å². The van der Waals surface area contributed by atoms with Gasteiger partial charge in [-0.1, -0.05) is 59.7 Å². The third kappa shape index (κ3) is 12.4. The van der Waals surface area contributed by atoms with Crippen LogP contribution in [-0.4, -0.2) is 87.3 Å². The molecule has 0 aliphatic carbocycles. The molecule has 1 aromatic heterocycles. The molecule has 0 saturated carbocycles. The molecule has 2 N–H and O–H groups in total. The van der Waals surface area contributed by atoms with Crippen LogP contribution in [0, 0.1) is 0 Å². The van der Waals surface area contributed by atoms with Gasteiger partial charge in [-0.2, -0.15) is 18.4 Å². The summed E-state index contributed by atoms with van der Waals surface area (Å²) < 4.78 is 57.0. The Balaban J connectivity index is 0.000000418. The van der Waals surface area contributed by atoms with Crippen LogP contribution >= 0.6 is 11.8 Å². The van der Waals surface area contributed by atoms with Gasteiger partial charge in [0.1, 0.15) is 0 Å². The molecule has 0 atom stereocenters. The molecule has 2 rings (SSSR count). The minimum Gasteiger partial charge on any atom is -0.481 e. The van der Waals surface area contributed by atoms with Gasteiger partial charge in [0.2, 0.25) is 27.7 Å². The van der Waals surface area contributed by atoms with Crippen molar-refractivity contribution >= 4 is 49.2 Å². The molecular formula is C23H36N6O8S3. The van der Waals surface area contributed by atoms with Crippen LogP contribution in [-0.2, 0) is 26.0 Å². The largest absolute Gasteiger partial charge is 0.481 e. The van der Waals surface area contributed by atoms with Gasteiger partial charge in [0.05, 0.1) is 26.5 Å². The number of nitrogens with zero attached hydrogens (tertiary/aromatic N) is 4. The zero-order chi connectivity index (χ0) is 30.3. The van der Waals surface area contributed by atoms with E-state index in [-0.39, 0.29) is 26.7 Å². The van der Waals surface area contributed by atoms with Crippen molar-refractivity contribution in [1.82, 2.24) is 23.3 Å². The number of aromatic nitrogens is 2. The van der Waals surface area contributed by atoms with Gasteiger partial charge >= 0.3 is 16.2 Å². The number of hydrogen-bond donors (Lipinski definition) is 2. The lowest BCUT2D eigenvalue weighted by Crippen LogP contribution is -2.45. The number of benzene rings is 1. The second kappa shape index (κ2) is 16.8. The summed E-state index contributed by atoms with van der Waals surface area (Å²) in [5, 5.41) is 2.23. The summed E-state index contributed by atoms with van der Waals surface area (Å²) in [5.74, 6) is 0.575. The normalized spacial score (nSPS) is 11.2. The Morgan fingerprint density at radius 3 is 1.93 bits per heavy atom. The quantitative estimate of drug-likeness (QED) is 0.357. The number of anilines is 1. The van der Waals surface area contributed by atoms with E-state index in [9.17, 15) is 26.4 Å². The fraction of sp³-hybridized carbons (Fsp3) is 0.478. The first-order chi connectivity index (χ1) is 18.8. The molecule has 0 bridgehead atoms. The predicted octanol–water partition coefficient (Wildman–Crippen LogP) is 2.91. The Hall–Kier alpha value is -3.15. The molecule has 0 unspecified atom stereocenters. The zero-order valence-electron chi connectivity index (χ0n) is 23.3. The average Bonchev–Trinajstić information content (AvgIpc) is 2.90. The van der Waals surface area contributed by atoms with Crippen molar-refractivity contribution < 1.29 is 35.9 Å². The number of ether oxygens (including phenoxy) is 2.